The highest BCUT2D eigenvalue weighted by Gasteiger charge is 2.33. The molecule has 0 bridgehead atoms. The summed E-state index contributed by atoms with van der Waals surface area (Å²) < 4.78 is 1.86. The third-order valence-electron chi connectivity index (χ3n) is 3.97. The molecule has 1 saturated heterocycles. The van der Waals surface area contributed by atoms with Gasteiger partial charge in [0.25, 0.3) is 0 Å². The van der Waals surface area contributed by atoms with E-state index in [1.807, 2.05) is 0 Å². The van der Waals surface area contributed by atoms with Crippen LogP contribution in [0, 0.1) is 5.92 Å². The number of halogens is 2. The molecular weight excluding hydrogens is 344 g/mol. The summed E-state index contributed by atoms with van der Waals surface area (Å²) in [4.78, 5) is 3.95. The van der Waals surface area contributed by atoms with Crippen molar-refractivity contribution >= 4 is 38.9 Å². The van der Waals surface area contributed by atoms with Crippen LogP contribution in [-0.4, -0.2) is 24.0 Å². The Kier molecular flexibility index (Phi) is 5.73. The second-order valence-electron chi connectivity index (χ2n) is 5.54. The monoisotopic (exact) mass is 364 g/mol. The second-order valence-corrected chi connectivity index (χ2v) is 8.08. The van der Waals surface area contributed by atoms with Gasteiger partial charge in [0.1, 0.15) is 4.34 Å². The molecule has 1 aromatic heterocycles. The zero-order chi connectivity index (χ0) is 14.0. The van der Waals surface area contributed by atoms with E-state index in [0.717, 1.165) is 21.9 Å². The quantitative estimate of drug-likeness (QED) is 0.843. The van der Waals surface area contributed by atoms with E-state index in [-0.39, 0.29) is 0 Å². The summed E-state index contributed by atoms with van der Waals surface area (Å²) in [6.45, 7) is 6.46. The van der Waals surface area contributed by atoms with E-state index >= 15 is 0 Å². The fraction of sp³-hybridized carbons (Fsp3) is 0.714. The van der Waals surface area contributed by atoms with Gasteiger partial charge < -0.3 is 5.73 Å². The standard InChI is InChI=1S/C14H22BrClN2S/c1-9(2)18-6-4-3-5-10(8-17)13(18)12-7-11(15)14(16)19-12/h7,9-10,13H,3-6,8,17H2,1-2H3. The molecule has 1 aliphatic heterocycles. The Morgan fingerprint density at radius 2 is 2.26 bits per heavy atom. The lowest BCUT2D eigenvalue weighted by molar-refractivity contribution is 0.124. The number of nitrogens with two attached hydrogens (primary N) is 1. The first kappa shape index (κ1) is 15.8. The van der Waals surface area contributed by atoms with Crippen LogP contribution < -0.4 is 5.73 Å². The molecule has 2 rings (SSSR count). The zero-order valence-electron chi connectivity index (χ0n) is 11.5. The van der Waals surface area contributed by atoms with Crippen molar-refractivity contribution in [2.75, 3.05) is 13.1 Å². The van der Waals surface area contributed by atoms with Gasteiger partial charge in [0.05, 0.1) is 0 Å². The number of likely N-dealkylation sites (tertiary alicyclic amines) is 1. The summed E-state index contributed by atoms with van der Waals surface area (Å²) in [5.74, 6) is 0.534. The van der Waals surface area contributed by atoms with E-state index < -0.39 is 0 Å². The molecule has 5 heteroatoms. The van der Waals surface area contributed by atoms with Crippen molar-refractivity contribution in [3.8, 4) is 0 Å². The van der Waals surface area contributed by atoms with Crippen LogP contribution in [0.1, 0.15) is 44.0 Å². The predicted molar refractivity (Wildman–Crippen MR) is 88.0 cm³/mol. The van der Waals surface area contributed by atoms with Gasteiger partial charge in [-0.25, -0.2) is 0 Å². The molecule has 108 valence electrons. The third kappa shape index (κ3) is 3.53. The van der Waals surface area contributed by atoms with Crippen LogP contribution >= 0.6 is 38.9 Å². The van der Waals surface area contributed by atoms with Crippen molar-refractivity contribution in [2.24, 2.45) is 11.7 Å². The minimum Gasteiger partial charge on any atom is -0.330 e. The Labute approximate surface area is 133 Å². The van der Waals surface area contributed by atoms with E-state index in [1.54, 1.807) is 11.3 Å². The summed E-state index contributed by atoms with van der Waals surface area (Å²) in [6.07, 6.45) is 3.77. The lowest BCUT2D eigenvalue weighted by Crippen LogP contribution is -2.39. The molecule has 2 atom stereocenters. The predicted octanol–water partition coefficient (Wildman–Crippen LogP) is 4.67. The molecule has 19 heavy (non-hydrogen) atoms. The van der Waals surface area contributed by atoms with Crippen LogP contribution in [0.25, 0.3) is 0 Å². The van der Waals surface area contributed by atoms with E-state index in [1.165, 1.54) is 24.1 Å². The fourth-order valence-electron chi connectivity index (χ4n) is 3.00. The second kappa shape index (κ2) is 6.90. The molecule has 1 aromatic rings. The average Bonchev–Trinajstić information content (AvgIpc) is 2.60. The highest BCUT2D eigenvalue weighted by atomic mass is 79.9. The molecule has 0 radical (unpaired) electrons. The van der Waals surface area contributed by atoms with Gasteiger partial charge in [-0.2, -0.15) is 0 Å². The molecule has 0 saturated carbocycles. The maximum absolute atomic E-state index is 6.23. The van der Waals surface area contributed by atoms with E-state index in [4.69, 9.17) is 17.3 Å². The lowest BCUT2D eigenvalue weighted by Gasteiger charge is -2.37. The molecule has 2 heterocycles. The molecule has 2 nitrogen and oxygen atoms in total. The first-order chi connectivity index (χ1) is 9.04. The molecule has 1 fully saturated rings. The largest absolute Gasteiger partial charge is 0.330 e. The van der Waals surface area contributed by atoms with Crippen molar-refractivity contribution in [1.82, 2.24) is 4.90 Å². The number of hydrogen-bond donors (Lipinski definition) is 1. The Bertz CT molecular complexity index is 402. The molecule has 0 aromatic carbocycles. The van der Waals surface area contributed by atoms with Crippen molar-refractivity contribution in [2.45, 2.75) is 45.2 Å². The van der Waals surface area contributed by atoms with Crippen molar-refractivity contribution < 1.29 is 0 Å². The van der Waals surface area contributed by atoms with Crippen LogP contribution in [0.15, 0.2) is 10.5 Å². The number of rotatable bonds is 3. The van der Waals surface area contributed by atoms with E-state index in [2.05, 4.69) is 40.7 Å². The molecule has 0 aliphatic carbocycles. The average molecular weight is 366 g/mol. The molecular formula is C14H22BrClN2S. The highest BCUT2D eigenvalue weighted by molar-refractivity contribution is 9.10. The fourth-order valence-corrected chi connectivity index (χ4v) is 4.95. The van der Waals surface area contributed by atoms with Gasteiger partial charge in [-0.3, -0.25) is 4.90 Å². The lowest BCUT2D eigenvalue weighted by atomic mass is 9.93. The van der Waals surface area contributed by atoms with Crippen molar-refractivity contribution in [1.29, 1.82) is 0 Å². The Balaban J connectivity index is 2.36. The third-order valence-corrected chi connectivity index (χ3v) is 6.51. The van der Waals surface area contributed by atoms with E-state index in [0.29, 0.717) is 18.0 Å². The molecule has 2 unspecified atom stereocenters. The van der Waals surface area contributed by atoms with Crippen LogP contribution in [-0.2, 0) is 0 Å². The van der Waals surface area contributed by atoms with Gasteiger partial charge in [-0.15, -0.1) is 11.3 Å². The van der Waals surface area contributed by atoms with Gasteiger partial charge >= 0.3 is 0 Å². The summed E-state index contributed by atoms with van der Waals surface area (Å²) in [7, 11) is 0. The maximum Gasteiger partial charge on any atom is 0.107 e. The highest BCUT2D eigenvalue weighted by Crippen LogP contribution is 2.43. The van der Waals surface area contributed by atoms with Crippen LogP contribution in [0.2, 0.25) is 4.34 Å². The van der Waals surface area contributed by atoms with Crippen LogP contribution in [0.3, 0.4) is 0 Å². The van der Waals surface area contributed by atoms with Crippen molar-refractivity contribution in [3.63, 3.8) is 0 Å². The Morgan fingerprint density at radius 3 is 2.79 bits per heavy atom. The molecule has 1 aliphatic rings. The summed E-state index contributed by atoms with van der Waals surface area (Å²) in [6, 6.07) is 3.14. The molecule has 2 N–H and O–H groups in total. The first-order valence-corrected chi connectivity index (χ1v) is 8.94. The Morgan fingerprint density at radius 1 is 1.53 bits per heavy atom. The summed E-state index contributed by atoms with van der Waals surface area (Å²) in [5.41, 5.74) is 6.04. The topological polar surface area (TPSA) is 29.3 Å². The van der Waals surface area contributed by atoms with Crippen LogP contribution in [0.4, 0.5) is 0 Å². The molecule has 0 amide bonds. The SMILES string of the molecule is CC(C)N1CCCCC(CN)C1c1cc(Br)c(Cl)s1. The molecule has 0 spiro atoms. The number of nitrogens with zero attached hydrogens (tertiary/aromatic N) is 1. The minimum atomic E-state index is 0.418. The number of thiophene rings is 1. The Hall–Kier alpha value is 0.390. The first-order valence-electron chi connectivity index (χ1n) is 6.95. The van der Waals surface area contributed by atoms with Gasteiger partial charge in [0, 0.05) is 21.4 Å². The van der Waals surface area contributed by atoms with Crippen molar-refractivity contribution in [3.05, 3.63) is 19.8 Å². The van der Waals surface area contributed by atoms with E-state index in [9.17, 15) is 0 Å². The van der Waals surface area contributed by atoms with Gasteiger partial charge in [0.15, 0.2) is 0 Å². The summed E-state index contributed by atoms with van der Waals surface area (Å²) >= 11 is 11.5. The smallest absolute Gasteiger partial charge is 0.107 e. The van der Waals surface area contributed by atoms with Gasteiger partial charge in [0.2, 0.25) is 0 Å². The maximum atomic E-state index is 6.23. The van der Waals surface area contributed by atoms with Gasteiger partial charge in [-0.1, -0.05) is 18.0 Å². The normalized spacial score (nSPS) is 25.8. The number of hydrogen-bond acceptors (Lipinski definition) is 3. The van der Waals surface area contributed by atoms with Crippen LogP contribution in [0.5, 0.6) is 0 Å². The summed E-state index contributed by atoms with van der Waals surface area (Å²) in [5, 5.41) is 0. The van der Waals surface area contributed by atoms with Gasteiger partial charge in [-0.05, 0) is 67.7 Å². The zero-order valence-corrected chi connectivity index (χ0v) is 14.7. The minimum absolute atomic E-state index is 0.418.